The summed E-state index contributed by atoms with van der Waals surface area (Å²) in [5, 5.41) is 12.1. The minimum Gasteiger partial charge on any atom is -0.387 e. The number of aromatic nitrogens is 1. The Kier molecular flexibility index (Phi) is 4.82. The summed E-state index contributed by atoms with van der Waals surface area (Å²) >= 11 is 1.44. The second-order valence-electron chi connectivity index (χ2n) is 5.39. The molecule has 0 radical (unpaired) electrons. The Morgan fingerprint density at radius 2 is 1.95 bits per heavy atom. The molecule has 116 valence electrons. The van der Waals surface area contributed by atoms with Gasteiger partial charge in [-0.3, -0.25) is 9.69 Å². The van der Waals surface area contributed by atoms with Crippen molar-refractivity contribution in [3.8, 4) is 0 Å². The van der Waals surface area contributed by atoms with Crippen molar-refractivity contribution in [3.05, 3.63) is 52.5 Å². The number of carbonyl (C=O) groups is 1. The van der Waals surface area contributed by atoms with Crippen molar-refractivity contribution in [2.24, 2.45) is 0 Å². The van der Waals surface area contributed by atoms with Crippen LogP contribution in [0.5, 0.6) is 0 Å². The van der Waals surface area contributed by atoms with E-state index in [0.29, 0.717) is 25.3 Å². The monoisotopic (exact) mass is 317 g/mol. The zero-order chi connectivity index (χ0) is 15.4. The summed E-state index contributed by atoms with van der Waals surface area (Å²) in [6.07, 6.45) is -0.484. The van der Waals surface area contributed by atoms with Gasteiger partial charge in [-0.15, -0.1) is 11.3 Å². The van der Waals surface area contributed by atoms with Gasteiger partial charge in [0.25, 0.3) is 5.91 Å². The fourth-order valence-corrected chi connectivity index (χ4v) is 3.16. The topological polar surface area (TPSA) is 56.7 Å². The van der Waals surface area contributed by atoms with Crippen LogP contribution in [0.25, 0.3) is 0 Å². The molecule has 1 N–H and O–H groups in total. The van der Waals surface area contributed by atoms with Gasteiger partial charge in [0.15, 0.2) is 0 Å². The summed E-state index contributed by atoms with van der Waals surface area (Å²) in [6.45, 7) is 3.51. The number of carbonyl (C=O) groups excluding carboxylic acids is 1. The van der Waals surface area contributed by atoms with E-state index in [1.807, 2.05) is 35.2 Å². The van der Waals surface area contributed by atoms with Crippen LogP contribution in [-0.4, -0.2) is 58.5 Å². The van der Waals surface area contributed by atoms with E-state index in [-0.39, 0.29) is 5.91 Å². The molecule has 1 aliphatic heterocycles. The zero-order valence-electron chi connectivity index (χ0n) is 12.3. The van der Waals surface area contributed by atoms with E-state index in [1.165, 1.54) is 11.3 Å². The number of thiazole rings is 1. The van der Waals surface area contributed by atoms with Gasteiger partial charge in [-0.25, -0.2) is 4.98 Å². The first-order valence-electron chi connectivity index (χ1n) is 7.37. The average molecular weight is 317 g/mol. The summed E-state index contributed by atoms with van der Waals surface area (Å²) < 4.78 is 0. The summed E-state index contributed by atoms with van der Waals surface area (Å²) in [7, 11) is 0. The minimum atomic E-state index is -0.484. The number of β-amino-alcohol motifs (C(OH)–C–C–N with tert-alkyl or cyclic N) is 1. The Bertz CT molecular complexity index is 595. The molecule has 0 unspecified atom stereocenters. The number of benzene rings is 1. The summed E-state index contributed by atoms with van der Waals surface area (Å²) in [5.74, 6) is 0.00417. The molecule has 3 rings (SSSR count). The highest BCUT2D eigenvalue weighted by Crippen LogP contribution is 2.15. The van der Waals surface area contributed by atoms with E-state index >= 15 is 0 Å². The molecular formula is C16H19N3O2S. The van der Waals surface area contributed by atoms with Gasteiger partial charge >= 0.3 is 0 Å². The fourth-order valence-electron chi connectivity index (χ4n) is 2.64. The smallest absolute Gasteiger partial charge is 0.273 e. The highest BCUT2D eigenvalue weighted by Gasteiger charge is 2.24. The van der Waals surface area contributed by atoms with Gasteiger partial charge in [-0.2, -0.15) is 0 Å². The lowest BCUT2D eigenvalue weighted by Crippen LogP contribution is -2.49. The molecular weight excluding hydrogens is 298 g/mol. The Balaban J connectivity index is 1.51. The van der Waals surface area contributed by atoms with Crippen LogP contribution in [-0.2, 0) is 0 Å². The van der Waals surface area contributed by atoms with E-state index in [0.717, 1.165) is 18.7 Å². The Morgan fingerprint density at radius 1 is 1.23 bits per heavy atom. The van der Waals surface area contributed by atoms with Crippen molar-refractivity contribution in [3.63, 3.8) is 0 Å². The molecule has 0 spiro atoms. The molecule has 22 heavy (non-hydrogen) atoms. The maximum atomic E-state index is 12.2. The van der Waals surface area contributed by atoms with Gasteiger partial charge in [0, 0.05) is 38.1 Å². The summed E-state index contributed by atoms with van der Waals surface area (Å²) in [6, 6.07) is 9.68. The normalized spacial score (nSPS) is 17.4. The predicted molar refractivity (Wildman–Crippen MR) is 85.9 cm³/mol. The molecule has 0 aliphatic carbocycles. The van der Waals surface area contributed by atoms with E-state index in [2.05, 4.69) is 9.88 Å². The van der Waals surface area contributed by atoms with Gasteiger partial charge in [-0.1, -0.05) is 30.3 Å². The van der Waals surface area contributed by atoms with Gasteiger partial charge in [0.1, 0.15) is 5.69 Å². The van der Waals surface area contributed by atoms with Crippen molar-refractivity contribution in [1.82, 2.24) is 14.8 Å². The van der Waals surface area contributed by atoms with Crippen molar-refractivity contribution in [1.29, 1.82) is 0 Å². The molecule has 1 atom stereocenters. The van der Waals surface area contributed by atoms with Gasteiger partial charge in [0.2, 0.25) is 0 Å². The third kappa shape index (κ3) is 3.52. The lowest BCUT2D eigenvalue weighted by Gasteiger charge is -2.35. The first-order chi connectivity index (χ1) is 10.7. The lowest BCUT2D eigenvalue weighted by atomic mass is 10.1. The highest BCUT2D eigenvalue weighted by molar-refractivity contribution is 7.07. The number of aliphatic hydroxyl groups excluding tert-OH is 1. The molecule has 1 aromatic carbocycles. The number of amides is 1. The maximum absolute atomic E-state index is 12.2. The Labute approximate surface area is 133 Å². The maximum Gasteiger partial charge on any atom is 0.273 e. The Hall–Kier alpha value is -1.76. The minimum absolute atomic E-state index is 0.00417. The SMILES string of the molecule is O=C(c1cscn1)N1CCN(C[C@@H](O)c2ccccc2)CC1. The zero-order valence-corrected chi connectivity index (χ0v) is 13.1. The van der Waals surface area contributed by atoms with E-state index < -0.39 is 6.10 Å². The van der Waals surface area contributed by atoms with Gasteiger partial charge in [-0.05, 0) is 5.56 Å². The summed E-state index contributed by atoms with van der Waals surface area (Å²) in [4.78, 5) is 20.3. The van der Waals surface area contributed by atoms with E-state index in [4.69, 9.17) is 0 Å². The molecule has 0 saturated carbocycles. The predicted octanol–water partition coefficient (Wildman–Crippen LogP) is 1.63. The summed E-state index contributed by atoms with van der Waals surface area (Å²) in [5.41, 5.74) is 3.14. The molecule has 1 aliphatic rings. The first-order valence-corrected chi connectivity index (χ1v) is 8.31. The van der Waals surface area contributed by atoms with Crippen molar-refractivity contribution < 1.29 is 9.90 Å². The van der Waals surface area contributed by atoms with Gasteiger partial charge < -0.3 is 10.0 Å². The first kappa shape index (κ1) is 15.1. The molecule has 2 aromatic rings. The number of hydrogen-bond acceptors (Lipinski definition) is 5. The average Bonchev–Trinajstić information content (AvgIpc) is 3.10. The standard InChI is InChI=1S/C16H19N3O2S/c20-15(13-4-2-1-3-5-13)10-18-6-8-19(9-7-18)16(21)14-11-22-12-17-14/h1-5,11-12,15,20H,6-10H2/t15-/m1/s1. The van der Waals surface area contributed by atoms with Crippen molar-refractivity contribution in [2.75, 3.05) is 32.7 Å². The quantitative estimate of drug-likeness (QED) is 0.931. The largest absolute Gasteiger partial charge is 0.387 e. The highest BCUT2D eigenvalue weighted by atomic mass is 32.1. The lowest BCUT2D eigenvalue weighted by molar-refractivity contribution is 0.0523. The van der Waals surface area contributed by atoms with Crippen LogP contribution in [0, 0.1) is 0 Å². The Morgan fingerprint density at radius 3 is 2.59 bits per heavy atom. The second-order valence-corrected chi connectivity index (χ2v) is 6.11. The van der Waals surface area contributed by atoms with Gasteiger partial charge in [0.05, 0.1) is 11.6 Å². The number of hydrogen-bond donors (Lipinski definition) is 1. The van der Waals surface area contributed by atoms with Crippen LogP contribution in [0.2, 0.25) is 0 Å². The van der Waals surface area contributed by atoms with Crippen LogP contribution in [0.3, 0.4) is 0 Å². The molecule has 2 heterocycles. The van der Waals surface area contributed by atoms with E-state index in [9.17, 15) is 9.90 Å². The number of piperazine rings is 1. The molecule has 1 fully saturated rings. The fraction of sp³-hybridized carbons (Fsp3) is 0.375. The van der Waals surface area contributed by atoms with Crippen LogP contribution in [0.1, 0.15) is 22.2 Å². The van der Waals surface area contributed by atoms with Crippen LogP contribution in [0.4, 0.5) is 0 Å². The molecule has 6 heteroatoms. The molecule has 5 nitrogen and oxygen atoms in total. The molecule has 1 aromatic heterocycles. The molecule has 0 bridgehead atoms. The van der Waals surface area contributed by atoms with Crippen LogP contribution < -0.4 is 0 Å². The van der Waals surface area contributed by atoms with Crippen LogP contribution >= 0.6 is 11.3 Å². The van der Waals surface area contributed by atoms with Crippen LogP contribution in [0.15, 0.2) is 41.2 Å². The number of aliphatic hydroxyl groups is 1. The second kappa shape index (κ2) is 7.00. The number of nitrogens with zero attached hydrogens (tertiary/aromatic N) is 3. The van der Waals surface area contributed by atoms with E-state index in [1.54, 1.807) is 10.9 Å². The third-order valence-corrected chi connectivity index (χ3v) is 4.51. The van der Waals surface area contributed by atoms with Crippen molar-refractivity contribution in [2.45, 2.75) is 6.10 Å². The third-order valence-electron chi connectivity index (χ3n) is 3.93. The number of rotatable bonds is 4. The molecule has 1 saturated heterocycles. The van der Waals surface area contributed by atoms with Crippen molar-refractivity contribution >= 4 is 17.2 Å². The molecule has 1 amide bonds.